The van der Waals surface area contributed by atoms with Crippen LogP contribution in [-0.2, 0) is 11.4 Å². The number of aryl methyl sites for hydroxylation is 1. The molecule has 0 bridgehead atoms. The summed E-state index contributed by atoms with van der Waals surface area (Å²) in [4.78, 5) is 24.3. The molecule has 0 radical (unpaired) electrons. The normalized spacial score (nSPS) is 16.7. The Morgan fingerprint density at radius 2 is 2.10 bits per heavy atom. The second kappa shape index (κ2) is 9.94. The van der Waals surface area contributed by atoms with Gasteiger partial charge in [-0.25, -0.2) is 13.8 Å². The van der Waals surface area contributed by atoms with Gasteiger partial charge in [-0.15, -0.1) is 0 Å². The van der Waals surface area contributed by atoms with E-state index in [2.05, 4.69) is 23.0 Å². The minimum absolute atomic E-state index is 0.134. The molecule has 5 nitrogen and oxygen atoms in total. The molecule has 0 atom stereocenters. The lowest BCUT2D eigenvalue weighted by atomic mass is 10.0. The highest BCUT2D eigenvalue weighted by Crippen LogP contribution is 2.24. The van der Waals surface area contributed by atoms with E-state index in [1.807, 2.05) is 19.1 Å². The van der Waals surface area contributed by atoms with Gasteiger partial charge in [0.05, 0.1) is 12.1 Å². The van der Waals surface area contributed by atoms with Gasteiger partial charge in [0.25, 0.3) is 5.56 Å². The van der Waals surface area contributed by atoms with E-state index in [-0.39, 0.29) is 29.2 Å². The average molecular weight is 427 g/mol. The second-order valence-electron chi connectivity index (χ2n) is 7.59. The Hall–Kier alpha value is -2.90. The van der Waals surface area contributed by atoms with E-state index in [1.165, 1.54) is 19.9 Å². The molecule has 1 aliphatic rings. The van der Waals surface area contributed by atoms with Crippen LogP contribution >= 0.6 is 0 Å². The first-order chi connectivity index (χ1) is 14.8. The van der Waals surface area contributed by atoms with Crippen molar-refractivity contribution >= 4 is 11.0 Å². The lowest BCUT2D eigenvalue weighted by Crippen LogP contribution is -2.29. The first kappa shape index (κ1) is 22.8. The molecule has 0 fully saturated rings. The zero-order chi connectivity index (χ0) is 22.5. The number of fused-ring (bicyclic) bond motifs is 1. The molecule has 0 spiro atoms. The predicted octanol–water partition coefficient (Wildman–Crippen LogP) is 5.20. The zero-order valence-corrected chi connectivity index (χ0v) is 18.3. The van der Waals surface area contributed by atoms with E-state index in [1.54, 1.807) is 17.2 Å². The molecule has 1 N–H and O–H groups in total. The van der Waals surface area contributed by atoms with Crippen molar-refractivity contribution in [1.29, 1.82) is 0 Å². The van der Waals surface area contributed by atoms with Crippen LogP contribution in [0.2, 0.25) is 0 Å². The van der Waals surface area contributed by atoms with Crippen molar-refractivity contribution in [3.05, 3.63) is 86.4 Å². The molecule has 0 amide bonds. The van der Waals surface area contributed by atoms with Crippen molar-refractivity contribution in [2.24, 2.45) is 0 Å². The summed E-state index contributed by atoms with van der Waals surface area (Å²) in [6.45, 7) is 7.95. The van der Waals surface area contributed by atoms with Crippen molar-refractivity contribution in [3.63, 3.8) is 0 Å². The van der Waals surface area contributed by atoms with Gasteiger partial charge in [0.15, 0.2) is 5.82 Å². The van der Waals surface area contributed by atoms with Crippen LogP contribution in [0.3, 0.4) is 0 Å². The molecule has 31 heavy (non-hydrogen) atoms. The third kappa shape index (κ3) is 5.62. The molecule has 3 rings (SSSR count). The molecule has 2 heterocycles. The number of hydroxylamine groups is 2. The molecule has 0 unspecified atom stereocenters. The van der Waals surface area contributed by atoms with Gasteiger partial charge in [0, 0.05) is 18.7 Å². The van der Waals surface area contributed by atoms with Crippen molar-refractivity contribution in [2.75, 3.05) is 13.2 Å². The SMILES string of the molecule is CC/C=C(C)/C=C\C(C1=CCN(Cc2cc(F)c3nc(C)c(=O)[nH]c3c2)OC1)=C(/C)F. The Labute approximate surface area is 180 Å². The molecule has 164 valence electrons. The molecule has 7 heteroatoms. The Bertz CT molecular complexity index is 1160. The van der Waals surface area contributed by atoms with Gasteiger partial charge in [-0.2, -0.15) is 5.06 Å². The number of aromatic amines is 1. The summed E-state index contributed by atoms with van der Waals surface area (Å²) in [6.07, 6.45) is 8.57. The summed E-state index contributed by atoms with van der Waals surface area (Å²) in [7, 11) is 0. The minimum atomic E-state index is -0.501. The number of hydrogen-bond donors (Lipinski definition) is 1. The summed E-state index contributed by atoms with van der Waals surface area (Å²) in [5.74, 6) is -0.772. The molecule has 2 aromatic rings. The highest BCUT2D eigenvalue weighted by molar-refractivity contribution is 5.75. The number of aromatic nitrogens is 2. The van der Waals surface area contributed by atoms with Gasteiger partial charge < -0.3 is 4.98 Å². The van der Waals surface area contributed by atoms with Gasteiger partial charge in [-0.3, -0.25) is 9.63 Å². The minimum Gasteiger partial charge on any atom is -0.319 e. The van der Waals surface area contributed by atoms with Crippen LogP contribution in [0, 0.1) is 12.7 Å². The molecule has 1 aliphatic heterocycles. The highest BCUT2D eigenvalue weighted by atomic mass is 19.1. The molecular formula is C24H27F2N3O2. The maximum absolute atomic E-state index is 14.5. The van der Waals surface area contributed by atoms with E-state index < -0.39 is 5.82 Å². The molecule has 0 saturated carbocycles. The first-order valence-electron chi connectivity index (χ1n) is 10.3. The number of allylic oxidation sites excluding steroid dienone is 5. The fourth-order valence-electron chi connectivity index (χ4n) is 3.42. The van der Waals surface area contributed by atoms with Crippen LogP contribution in [-0.4, -0.2) is 28.2 Å². The number of H-pyrrole nitrogens is 1. The number of halogens is 2. The molecule has 1 aromatic carbocycles. The number of rotatable bonds is 6. The average Bonchev–Trinajstić information content (AvgIpc) is 2.71. The maximum Gasteiger partial charge on any atom is 0.269 e. The number of nitrogens with one attached hydrogen (secondary N) is 1. The fourth-order valence-corrected chi connectivity index (χ4v) is 3.42. The van der Waals surface area contributed by atoms with Crippen molar-refractivity contribution in [1.82, 2.24) is 15.0 Å². The van der Waals surface area contributed by atoms with Crippen molar-refractivity contribution < 1.29 is 13.6 Å². The van der Waals surface area contributed by atoms with Crippen LogP contribution in [0.5, 0.6) is 0 Å². The summed E-state index contributed by atoms with van der Waals surface area (Å²) >= 11 is 0. The van der Waals surface area contributed by atoms with Gasteiger partial charge in [-0.05, 0) is 50.5 Å². The van der Waals surface area contributed by atoms with Crippen LogP contribution in [0.25, 0.3) is 11.0 Å². The topological polar surface area (TPSA) is 58.2 Å². The third-order valence-corrected chi connectivity index (χ3v) is 5.04. The Morgan fingerprint density at radius 3 is 2.74 bits per heavy atom. The van der Waals surface area contributed by atoms with Crippen LogP contribution in [0.1, 0.15) is 38.4 Å². The zero-order valence-electron chi connectivity index (χ0n) is 18.3. The van der Waals surface area contributed by atoms with E-state index in [0.29, 0.717) is 29.7 Å². The Balaban J connectivity index is 1.75. The standard InChI is InChI=1S/C24H27F2N3O2/c1-5-6-15(2)7-8-20(16(3)25)19-9-10-29(31-14-19)13-18-11-21(26)23-22(12-18)28-24(30)17(4)27-23/h6-9,11-12H,5,10,13-14H2,1-4H3,(H,28,30)/b8-7-,15-6+,20-16-. The third-order valence-electron chi connectivity index (χ3n) is 5.04. The Morgan fingerprint density at radius 1 is 1.32 bits per heavy atom. The smallest absolute Gasteiger partial charge is 0.269 e. The van der Waals surface area contributed by atoms with E-state index >= 15 is 0 Å². The lowest BCUT2D eigenvalue weighted by Gasteiger charge is -2.26. The molecule has 0 saturated heterocycles. The van der Waals surface area contributed by atoms with Crippen molar-refractivity contribution in [3.8, 4) is 0 Å². The molecule has 0 aliphatic carbocycles. The van der Waals surface area contributed by atoms with Crippen molar-refractivity contribution in [2.45, 2.75) is 40.7 Å². The van der Waals surface area contributed by atoms with Gasteiger partial charge in [0.2, 0.25) is 0 Å². The maximum atomic E-state index is 14.5. The summed E-state index contributed by atoms with van der Waals surface area (Å²) in [5, 5.41) is 1.67. The molecular weight excluding hydrogens is 400 g/mol. The lowest BCUT2D eigenvalue weighted by molar-refractivity contribution is -0.156. The Kier molecular flexibility index (Phi) is 7.30. The number of hydrogen-bond acceptors (Lipinski definition) is 4. The van der Waals surface area contributed by atoms with E-state index in [0.717, 1.165) is 17.6 Å². The summed E-state index contributed by atoms with van der Waals surface area (Å²) in [5.41, 5.74) is 3.35. The fraction of sp³-hybridized carbons (Fsp3) is 0.333. The van der Waals surface area contributed by atoms with E-state index in [9.17, 15) is 13.6 Å². The van der Waals surface area contributed by atoms with Crippen LogP contribution in [0.4, 0.5) is 8.78 Å². The van der Waals surface area contributed by atoms with Crippen LogP contribution < -0.4 is 5.56 Å². The van der Waals surface area contributed by atoms with Crippen LogP contribution in [0.15, 0.2) is 63.8 Å². The van der Waals surface area contributed by atoms with Gasteiger partial charge in [-0.1, -0.05) is 36.8 Å². The number of benzene rings is 1. The summed E-state index contributed by atoms with van der Waals surface area (Å²) in [6, 6.07) is 3.08. The first-order valence-corrected chi connectivity index (χ1v) is 10.3. The quantitative estimate of drug-likeness (QED) is 0.644. The molecule has 1 aromatic heterocycles. The monoisotopic (exact) mass is 427 g/mol. The number of nitrogens with zero attached hydrogens (tertiary/aromatic N) is 2. The van der Waals surface area contributed by atoms with Gasteiger partial charge >= 0.3 is 0 Å². The predicted molar refractivity (Wildman–Crippen MR) is 118 cm³/mol. The van der Waals surface area contributed by atoms with E-state index in [4.69, 9.17) is 4.84 Å². The second-order valence-corrected chi connectivity index (χ2v) is 7.59. The summed E-state index contributed by atoms with van der Waals surface area (Å²) < 4.78 is 28.6. The van der Waals surface area contributed by atoms with Gasteiger partial charge in [0.1, 0.15) is 17.0 Å². The largest absolute Gasteiger partial charge is 0.319 e. The highest BCUT2D eigenvalue weighted by Gasteiger charge is 2.17.